The lowest BCUT2D eigenvalue weighted by molar-refractivity contribution is -0.155. The van der Waals surface area contributed by atoms with Gasteiger partial charge in [0.15, 0.2) is 0 Å². The molecule has 1 aromatic rings. The van der Waals surface area contributed by atoms with Gasteiger partial charge in [-0.15, -0.1) is 0 Å². The Morgan fingerprint density at radius 2 is 1.88 bits per heavy atom. The number of nitrogens with zero attached hydrogens (tertiary/aromatic N) is 1. The number of carbonyl (C=O) groups is 1. The summed E-state index contributed by atoms with van der Waals surface area (Å²) < 4.78 is 10.9. The highest BCUT2D eigenvalue weighted by Gasteiger charge is 2.16. The summed E-state index contributed by atoms with van der Waals surface area (Å²) in [6.45, 7) is 11.8. The fraction of sp³-hybridized carbons (Fsp3) is 0.650. The first kappa shape index (κ1) is 23.4. The first-order valence-electron chi connectivity index (χ1n) is 9.03. The molecule has 0 aliphatic heterocycles. The maximum absolute atomic E-state index is 11.6. The van der Waals surface area contributed by atoms with Gasteiger partial charge in [0.05, 0.1) is 19.6 Å². The van der Waals surface area contributed by atoms with Crippen LogP contribution in [0.2, 0.25) is 0 Å². The lowest BCUT2D eigenvalue weighted by atomic mass is 10.2. The Bertz CT molecular complexity index is 483. The predicted molar refractivity (Wildman–Crippen MR) is 102 cm³/mol. The topological polar surface area (TPSA) is 59.0 Å². The van der Waals surface area contributed by atoms with Gasteiger partial charge in [-0.1, -0.05) is 26.0 Å². The van der Waals surface area contributed by atoms with Crippen molar-refractivity contribution in [3.05, 3.63) is 29.8 Å². The minimum absolute atomic E-state index is 0.0185. The molecule has 0 fully saturated rings. The fourth-order valence-electron chi connectivity index (χ4n) is 2.04. The Morgan fingerprint density at radius 1 is 1.20 bits per heavy atom. The quantitative estimate of drug-likeness (QED) is 0.542. The van der Waals surface area contributed by atoms with E-state index in [0.717, 1.165) is 24.3 Å². The molecule has 144 valence electrons. The standard InChI is InChI=1S/C18H29NO4.C2H6/c1-18(2,3)23-17(21)9-11-19(4)10-6-12-22-16-8-5-7-15(13-16)14-20;1-2/h5,7-8,13,20H,6,9-12,14H2,1-4H3;1-2H3. The Kier molecular flexibility index (Phi) is 11.9. The largest absolute Gasteiger partial charge is 0.494 e. The molecule has 1 aromatic carbocycles. The molecule has 0 atom stereocenters. The third-order valence-corrected chi connectivity index (χ3v) is 3.15. The highest BCUT2D eigenvalue weighted by molar-refractivity contribution is 5.70. The minimum atomic E-state index is -0.424. The van der Waals surface area contributed by atoms with Crippen LogP contribution in [-0.2, 0) is 16.1 Å². The fourth-order valence-corrected chi connectivity index (χ4v) is 2.04. The Morgan fingerprint density at radius 3 is 2.48 bits per heavy atom. The van der Waals surface area contributed by atoms with E-state index in [0.29, 0.717) is 19.6 Å². The van der Waals surface area contributed by atoms with E-state index >= 15 is 0 Å². The molecule has 0 amide bonds. The van der Waals surface area contributed by atoms with E-state index in [1.165, 1.54) is 0 Å². The summed E-state index contributed by atoms with van der Waals surface area (Å²) in [7, 11) is 1.98. The molecule has 5 nitrogen and oxygen atoms in total. The zero-order chi connectivity index (χ0) is 19.3. The van der Waals surface area contributed by atoms with Gasteiger partial charge in [-0.25, -0.2) is 0 Å². The summed E-state index contributed by atoms with van der Waals surface area (Å²) >= 11 is 0. The van der Waals surface area contributed by atoms with Crippen LogP contribution in [0.3, 0.4) is 0 Å². The van der Waals surface area contributed by atoms with Crippen molar-refractivity contribution in [3.8, 4) is 5.75 Å². The Hall–Kier alpha value is -1.59. The third-order valence-electron chi connectivity index (χ3n) is 3.15. The van der Waals surface area contributed by atoms with Crippen molar-refractivity contribution in [1.82, 2.24) is 4.90 Å². The van der Waals surface area contributed by atoms with Crippen molar-refractivity contribution in [2.75, 3.05) is 26.7 Å². The molecule has 0 radical (unpaired) electrons. The molecule has 0 unspecified atom stereocenters. The number of carbonyl (C=O) groups excluding carboxylic acids is 1. The van der Waals surface area contributed by atoms with Crippen molar-refractivity contribution in [3.63, 3.8) is 0 Å². The number of aliphatic hydroxyl groups is 1. The van der Waals surface area contributed by atoms with E-state index in [9.17, 15) is 4.79 Å². The maximum Gasteiger partial charge on any atom is 0.307 e. The van der Waals surface area contributed by atoms with Gasteiger partial charge in [0.1, 0.15) is 11.4 Å². The highest BCUT2D eigenvalue weighted by Crippen LogP contribution is 2.13. The van der Waals surface area contributed by atoms with Crippen LogP contribution in [0.15, 0.2) is 24.3 Å². The van der Waals surface area contributed by atoms with Crippen molar-refractivity contribution >= 4 is 5.97 Å². The number of benzene rings is 1. The van der Waals surface area contributed by atoms with Crippen molar-refractivity contribution in [2.45, 2.75) is 59.7 Å². The number of rotatable bonds is 9. The van der Waals surface area contributed by atoms with Gasteiger partial charge >= 0.3 is 5.97 Å². The average Bonchev–Trinajstić information content (AvgIpc) is 2.57. The molecule has 0 spiro atoms. The molecule has 0 saturated heterocycles. The van der Waals surface area contributed by atoms with Crippen LogP contribution in [0.4, 0.5) is 0 Å². The number of hydrogen-bond acceptors (Lipinski definition) is 5. The zero-order valence-corrected chi connectivity index (χ0v) is 16.7. The summed E-state index contributed by atoms with van der Waals surface area (Å²) in [5.41, 5.74) is 0.420. The minimum Gasteiger partial charge on any atom is -0.494 e. The van der Waals surface area contributed by atoms with Crippen molar-refractivity contribution in [1.29, 1.82) is 0 Å². The molecule has 25 heavy (non-hydrogen) atoms. The first-order valence-corrected chi connectivity index (χ1v) is 9.03. The van der Waals surface area contributed by atoms with Crippen LogP contribution in [0.5, 0.6) is 5.75 Å². The second-order valence-corrected chi connectivity index (χ2v) is 6.65. The normalized spacial score (nSPS) is 10.9. The van der Waals surface area contributed by atoms with Crippen molar-refractivity contribution in [2.24, 2.45) is 0 Å². The predicted octanol–water partition coefficient (Wildman–Crippen LogP) is 3.64. The van der Waals surface area contributed by atoms with Gasteiger partial charge in [0.2, 0.25) is 0 Å². The van der Waals surface area contributed by atoms with Gasteiger partial charge in [0, 0.05) is 13.1 Å². The second kappa shape index (κ2) is 12.7. The lowest BCUT2D eigenvalue weighted by Gasteiger charge is -2.21. The molecule has 0 saturated carbocycles. The van der Waals surface area contributed by atoms with Crippen LogP contribution in [0.25, 0.3) is 0 Å². The molecule has 0 aliphatic carbocycles. The van der Waals surface area contributed by atoms with Crippen LogP contribution in [0.1, 0.15) is 53.0 Å². The number of esters is 1. The Labute approximate surface area is 152 Å². The summed E-state index contributed by atoms with van der Waals surface area (Å²) in [5, 5.41) is 9.08. The lowest BCUT2D eigenvalue weighted by Crippen LogP contribution is -2.28. The van der Waals surface area contributed by atoms with Gasteiger partial charge in [0.25, 0.3) is 0 Å². The third kappa shape index (κ3) is 12.4. The first-order chi connectivity index (χ1) is 11.8. The van der Waals surface area contributed by atoms with Gasteiger partial charge in [-0.3, -0.25) is 4.79 Å². The molecular formula is C20H35NO4. The van der Waals surface area contributed by atoms with Gasteiger partial charge in [-0.05, 0) is 51.9 Å². The van der Waals surface area contributed by atoms with Gasteiger partial charge < -0.3 is 19.5 Å². The summed E-state index contributed by atoms with van der Waals surface area (Å²) in [5.74, 6) is 0.606. The summed E-state index contributed by atoms with van der Waals surface area (Å²) in [4.78, 5) is 13.7. The van der Waals surface area contributed by atoms with Gasteiger partial charge in [-0.2, -0.15) is 0 Å². The Balaban J connectivity index is 0.00000277. The van der Waals surface area contributed by atoms with Crippen LogP contribution < -0.4 is 4.74 Å². The number of hydrogen-bond donors (Lipinski definition) is 1. The number of ether oxygens (including phenoxy) is 2. The van der Waals surface area contributed by atoms with Crippen LogP contribution in [0, 0.1) is 0 Å². The molecule has 0 heterocycles. The van der Waals surface area contributed by atoms with E-state index in [4.69, 9.17) is 14.6 Å². The highest BCUT2D eigenvalue weighted by atomic mass is 16.6. The van der Waals surface area contributed by atoms with E-state index in [2.05, 4.69) is 4.90 Å². The zero-order valence-electron chi connectivity index (χ0n) is 16.7. The summed E-state index contributed by atoms with van der Waals surface area (Å²) in [6, 6.07) is 7.45. The van der Waals surface area contributed by atoms with Crippen LogP contribution in [-0.4, -0.2) is 48.3 Å². The van der Waals surface area contributed by atoms with Crippen molar-refractivity contribution < 1.29 is 19.4 Å². The monoisotopic (exact) mass is 353 g/mol. The van der Waals surface area contributed by atoms with E-state index < -0.39 is 5.60 Å². The maximum atomic E-state index is 11.6. The molecule has 0 aromatic heterocycles. The SMILES string of the molecule is CC.CN(CCCOc1cccc(CO)c1)CCC(=O)OC(C)(C)C. The van der Waals surface area contributed by atoms with E-state index in [1.54, 1.807) is 0 Å². The van der Waals surface area contributed by atoms with Crippen LogP contribution >= 0.6 is 0 Å². The smallest absolute Gasteiger partial charge is 0.307 e. The molecule has 0 bridgehead atoms. The molecule has 1 N–H and O–H groups in total. The average molecular weight is 354 g/mol. The molecule has 5 heteroatoms. The number of aliphatic hydroxyl groups excluding tert-OH is 1. The summed E-state index contributed by atoms with van der Waals surface area (Å²) in [6.07, 6.45) is 1.27. The molecule has 0 aliphatic rings. The van der Waals surface area contributed by atoms with E-state index in [1.807, 2.05) is 65.9 Å². The molecular weight excluding hydrogens is 318 g/mol. The van der Waals surface area contributed by atoms with E-state index in [-0.39, 0.29) is 12.6 Å². The second-order valence-electron chi connectivity index (χ2n) is 6.65. The molecule has 1 rings (SSSR count).